The number of aromatic nitrogens is 1. The Hall–Kier alpha value is -3.35. The van der Waals surface area contributed by atoms with Gasteiger partial charge in [-0.1, -0.05) is 12.1 Å². The molecule has 0 radical (unpaired) electrons. The fraction of sp³-hybridized carbons (Fsp3) is 0.200. The van der Waals surface area contributed by atoms with Gasteiger partial charge in [0.15, 0.2) is 17.2 Å². The van der Waals surface area contributed by atoms with Gasteiger partial charge in [-0.3, -0.25) is 0 Å². The zero-order valence-corrected chi connectivity index (χ0v) is 14.9. The second-order valence-corrected chi connectivity index (χ2v) is 5.51. The van der Waals surface area contributed by atoms with E-state index in [9.17, 15) is 9.18 Å². The molecule has 0 fully saturated rings. The normalized spacial score (nSPS) is 10.5. The van der Waals surface area contributed by atoms with E-state index in [2.05, 4.69) is 4.98 Å². The van der Waals surface area contributed by atoms with Gasteiger partial charge in [-0.2, -0.15) is 0 Å². The summed E-state index contributed by atoms with van der Waals surface area (Å²) >= 11 is 0. The highest BCUT2D eigenvalue weighted by molar-refractivity contribution is 5.94. The first kappa shape index (κ1) is 18.4. The van der Waals surface area contributed by atoms with Crippen molar-refractivity contribution in [2.75, 3.05) is 27.4 Å². The van der Waals surface area contributed by atoms with Gasteiger partial charge in [-0.25, -0.2) is 14.2 Å². The Bertz CT molecular complexity index is 960. The van der Waals surface area contributed by atoms with Crippen molar-refractivity contribution >= 4 is 16.9 Å². The van der Waals surface area contributed by atoms with Gasteiger partial charge in [0.05, 0.1) is 19.7 Å². The van der Waals surface area contributed by atoms with E-state index in [-0.39, 0.29) is 18.9 Å². The Labute approximate surface area is 155 Å². The van der Waals surface area contributed by atoms with Crippen molar-refractivity contribution in [3.05, 3.63) is 60.0 Å². The smallest absolute Gasteiger partial charge is 0.356 e. The number of hydrogen-bond acceptors (Lipinski definition) is 6. The number of hydrogen-bond donors (Lipinski definition) is 0. The van der Waals surface area contributed by atoms with Crippen molar-refractivity contribution in [3.8, 4) is 17.2 Å². The van der Waals surface area contributed by atoms with Gasteiger partial charge in [0.1, 0.15) is 24.8 Å². The van der Waals surface area contributed by atoms with Gasteiger partial charge >= 0.3 is 5.97 Å². The first-order valence-electron chi connectivity index (χ1n) is 8.19. The molecule has 0 N–H and O–H groups in total. The number of fused-ring (bicyclic) bond motifs is 1. The summed E-state index contributed by atoms with van der Waals surface area (Å²) in [6, 6.07) is 12.7. The molecule has 0 bridgehead atoms. The Kier molecular flexibility index (Phi) is 5.71. The summed E-state index contributed by atoms with van der Waals surface area (Å²) < 4.78 is 34.9. The highest BCUT2D eigenvalue weighted by atomic mass is 19.1. The lowest BCUT2D eigenvalue weighted by Crippen LogP contribution is -2.11. The minimum atomic E-state index is -0.601. The second-order valence-electron chi connectivity index (χ2n) is 5.51. The zero-order valence-electron chi connectivity index (χ0n) is 14.9. The molecule has 1 heterocycles. The average molecular weight is 371 g/mol. The lowest BCUT2D eigenvalue weighted by Gasteiger charge is -2.13. The van der Waals surface area contributed by atoms with Crippen LogP contribution in [0.1, 0.15) is 10.5 Å². The van der Waals surface area contributed by atoms with Crippen molar-refractivity contribution < 1.29 is 28.1 Å². The highest BCUT2D eigenvalue weighted by Gasteiger charge is 2.14. The van der Waals surface area contributed by atoms with Crippen LogP contribution in [0.15, 0.2) is 48.5 Å². The number of para-hydroxylation sites is 2. The Morgan fingerprint density at radius 1 is 0.963 bits per heavy atom. The number of halogens is 1. The summed E-state index contributed by atoms with van der Waals surface area (Å²) in [5.74, 6) is 0.497. The van der Waals surface area contributed by atoms with Crippen LogP contribution in [0.5, 0.6) is 17.2 Å². The average Bonchev–Trinajstić information content (AvgIpc) is 2.70. The number of pyridine rings is 1. The van der Waals surface area contributed by atoms with Crippen LogP contribution >= 0.6 is 0 Å². The minimum absolute atomic E-state index is 0.0808. The molecule has 0 unspecified atom stereocenters. The quantitative estimate of drug-likeness (QED) is 0.467. The molecule has 0 aliphatic heterocycles. The molecular formula is C20H18FNO5. The third kappa shape index (κ3) is 4.25. The summed E-state index contributed by atoms with van der Waals surface area (Å²) in [4.78, 5) is 16.0. The van der Waals surface area contributed by atoms with Crippen molar-refractivity contribution in [1.82, 2.24) is 4.98 Å². The maximum absolute atomic E-state index is 13.6. The van der Waals surface area contributed by atoms with Crippen LogP contribution in [-0.4, -0.2) is 38.4 Å². The van der Waals surface area contributed by atoms with E-state index in [1.54, 1.807) is 19.2 Å². The molecule has 0 aliphatic rings. The van der Waals surface area contributed by atoms with E-state index < -0.39 is 11.8 Å². The van der Waals surface area contributed by atoms with Crippen molar-refractivity contribution in [1.29, 1.82) is 0 Å². The van der Waals surface area contributed by atoms with E-state index in [0.29, 0.717) is 28.2 Å². The summed E-state index contributed by atoms with van der Waals surface area (Å²) in [6.07, 6.45) is 0. The monoisotopic (exact) mass is 371 g/mol. The number of rotatable bonds is 7. The van der Waals surface area contributed by atoms with Crippen molar-refractivity contribution in [2.24, 2.45) is 0 Å². The standard InChI is InChI=1S/C20H18FNO5/c1-24-17-5-3-4-6-18(17)26-9-10-27-19-12-16(20(23)25-2)22-15-8-7-13(21)11-14(15)19/h3-8,11-12H,9-10H2,1-2H3. The van der Waals surface area contributed by atoms with Gasteiger partial charge in [-0.15, -0.1) is 0 Å². The first-order chi connectivity index (χ1) is 13.1. The maximum atomic E-state index is 13.6. The fourth-order valence-corrected chi connectivity index (χ4v) is 2.54. The molecule has 2 aromatic carbocycles. The third-order valence-corrected chi connectivity index (χ3v) is 3.79. The van der Waals surface area contributed by atoms with Crippen LogP contribution in [0.4, 0.5) is 4.39 Å². The van der Waals surface area contributed by atoms with Gasteiger partial charge in [0.25, 0.3) is 0 Å². The molecule has 0 amide bonds. The zero-order chi connectivity index (χ0) is 19.2. The van der Waals surface area contributed by atoms with Gasteiger partial charge in [0, 0.05) is 11.5 Å². The molecule has 7 heteroatoms. The van der Waals surface area contributed by atoms with Crippen LogP contribution in [0.2, 0.25) is 0 Å². The number of ether oxygens (including phenoxy) is 4. The molecule has 0 saturated heterocycles. The minimum Gasteiger partial charge on any atom is -0.493 e. The number of nitrogens with zero attached hydrogens (tertiary/aromatic N) is 1. The SMILES string of the molecule is COC(=O)c1cc(OCCOc2ccccc2OC)c2cc(F)ccc2n1. The first-order valence-corrected chi connectivity index (χ1v) is 8.19. The van der Waals surface area contributed by atoms with Gasteiger partial charge in [-0.05, 0) is 30.3 Å². The third-order valence-electron chi connectivity index (χ3n) is 3.79. The number of esters is 1. The Morgan fingerprint density at radius 3 is 2.37 bits per heavy atom. The lowest BCUT2D eigenvalue weighted by atomic mass is 10.1. The van der Waals surface area contributed by atoms with E-state index in [1.807, 2.05) is 12.1 Å². The molecule has 1 aromatic heterocycles. The molecule has 140 valence electrons. The fourth-order valence-electron chi connectivity index (χ4n) is 2.54. The molecule has 3 rings (SSSR count). The molecule has 6 nitrogen and oxygen atoms in total. The van der Waals surface area contributed by atoms with Crippen LogP contribution < -0.4 is 14.2 Å². The molecule has 0 atom stereocenters. The van der Waals surface area contributed by atoms with E-state index in [4.69, 9.17) is 18.9 Å². The predicted molar refractivity (Wildman–Crippen MR) is 97.0 cm³/mol. The largest absolute Gasteiger partial charge is 0.493 e. The van der Waals surface area contributed by atoms with Crippen LogP contribution in [0, 0.1) is 5.82 Å². The second kappa shape index (κ2) is 8.35. The number of benzene rings is 2. The maximum Gasteiger partial charge on any atom is 0.356 e. The molecule has 0 spiro atoms. The van der Waals surface area contributed by atoms with Crippen molar-refractivity contribution in [2.45, 2.75) is 0 Å². The van der Waals surface area contributed by atoms with Crippen LogP contribution in [-0.2, 0) is 4.74 Å². The summed E-state index contributed by atoms with van der Waals surface area (Å²) in [5, 5.41) is 0.458. The molecule has 3 aromatic rings. The van der Waals surface area contributed by atoms with Crippen molar-refractivity contribution in [3.63, 3.8) is 0 Å². The predicted octanol–water partition coefficient (Wildman–Crippen LogP) is 3.63. The molecule has 27 heavy (non-hydrogen) atoms. The van der Waals surface area contributed by atoms with E-state index in [0.717, 1.165) is 0 Å². The van der Waals surface area contributed by atoms with Crippen LogP contribution in [0.3, 0.4) is 0 Å². The molecule has 0 saturated carbocycles. The highest BCUT2D eigenvalue weighted by Crippen LogP contribution is 2.28. The number of carbonyl (C=O) groups is 1. The van der Waals surface area contributed by atoms with E-state index >= 15 is 0 Å². The molecule has 0 aliphatic carbocycles. The summed E-state index contributed by atoms with van der Waals surface area (Å²) in [7, 11) is 2.82. The van der Waals surface area contributed by atoms with Crippen LogP contribution in [0.25, 0.3) is 10.9 Å². The van der Waals surface area contributed by atoms with E-state index in [1.165, 1.54) is 31.4 Å². The Balaban J connectivity index is 1.77. The topological polar surface area (TPSA) is 66.9 Å². The number of carbonyl (C=O) groups excluding carboxylic acids is 1. The lowest BCUT2D eigenvalue weighted by molar-refractivity contribution is 0.0594. The van der Waals surface area contributed by atoms with Gasteiger partial charge in [0.2, 0.25) is 0 Å². The number of methoxy groups -OCH3 is 2. The van der Waals surface area contributed by atoms with Gasteiger partial charge < -0.3 is 18.9 Å². The summed E-state index contributed by atoms with van der Waals surface area (Å²) in [5.41, 5.74) is 0.511. The molecular weight excluding hydrogens is 353 g/mol. The summed E-state index contributed by atoms with van der Waals surface area (Å²) in [6.45, 7) is 0.404. The Morgan fingerprint density at radius 2 is 1.67 bits per heavy atom.